The Balaban J connectivity index is 1.50. The summed E-state index contributed by atoms with van der Waals surface area (Å²) in [5, 5.41) is 3.34. The molecule has 1 amide bonds. The van der Waals surface area contributed by atoms with E-state index in [1.54, 1.807) is 6.07 Å². The van der Waals surface area contributed by atoms with Crippen LogP contribution >= 0.6 is 0 Å². The van der Waals surface area contributed by atoms with Gasteiger partial charge in [-0.05, 0) is 63.8 Å². The SMILES string of the molecule is CC1CCCCN1CCCNC(=O)c1cc(=O)[nH]c2ccc(S(=O)(=O)N3CCCC3)cc12. The molecule has 9 heteroatoms. The smallest absolute Gasteiger partial charge is 0.252 e. The maximum atomic E-state index is 13.0. The summed E-state index contributed by atoms with van der Waals surface area (Å²) in [5.41, 5.74) is 0.263. The second-order valence-electron chi connectivity index (χ2n) is 8.86. The summed E-state index contributed by atoms with van der Waals surface area (Å²) in [7, 11) is -3.62. The lowest BCUT2D eigenvalue weighted by Gasteiger charge is -2.33. The molecule has 1 unspecified atom stereocenters. The van der Waals surface area contributed by atoms with Gasteiger partial charge >= 0.3 is 0 Å². The van der Waals surface area contributed by atoms with Gasteiger partial charge in [0.1, 0.15) is 0 Å². The van der Waals surface area contributed by atoms with Gasteiger partial charge in [0.25, 0.3) is 5.91 Å². The van der Waals surface area contributed by atoms with Crippen LogP contribution in [0.3, 0.4) is 0 Å². The monoisotopic (exact) mass is 460 g/mol. The highest BCUT2D eigenvalue weighted by molar-refractivity contribution is 7.89. The topological polar surface area (TPSA) is 103 Å². The van der Waals surface area contributed by atoms with Crippen LogP contribution in [0.15, 0.2) is 34.0 Å². The summed E-state index contributed by atoms with van der Waals surface area (Å²) in [6.45, 7) is 5.79. The number of hydrogen-bond donors (Lipinski definition) is 2. The van der Waals surface area contributed by atoms with Crippen molar-refractivity contribution in [2.45, 2.75) is 56.4 Å². The predicted octanol–water partition coefficient (Wildman–Crippen LogP) is 2.31. The minimum Gasteiger partial charge on any atom is -0.352 e. The van der Waals surface area contributed by atoms with E-state index in [0.29, 0.717) is 36.6 Å². The Labute approximate surface area is 189 Å². The van der Waals surface area contributed by atoms with Crippen LogP contribution in [0, 0.1) is 0 Å². The molecule has 2 aromatic rings. The number of nitrogens with zero attached hydrogens (tertiary/aromatic N) is 2. The molecule has 0 saturated carbocycles. The average molecular weight is 461 g/mol. The Kier molecular flexibility index (Phi) is 6.97. The third kappa shape index (κ3) is 4.89. The maximum Gasteiger partial charge on any atom is 0.252 e. The van der Waals surface area contributed by atoms with Crippen LogP contribution in [-0.2, 0) is 10.0 Å². The molecule has 2 fully saturated rings. The third-order valence-electron chi connectivity index (χ3n) is 6.61. The zero-order valence-corrected chi connectivity index (χ0v) is 19.4. The van der Waals surface area contributed by atoms with Crippen LogP contribution < -0.4 is 10.9 Å². The summed E-state index contributed by atoms with van der Waals surface area (Å²) < 4.78 is 27.4. The van der Waals surface area contributed by atoms with E-state index in [4.69, 9.17) is 0 Å². The number of fused-ring (bicyclic) bond motifs is 1. The molecule has 0 bridgehead atoms. The van der Waals surface area contributed by atoms with E-state index in [9.17, 15) is 18.0 Å². The number of sulfonamides is 1. The average Bonchev–Trinajstić information content (AvgIpc) is 3.32. The number of benzene rings is 1. The van der Waals surface area contributed by atoms with Crippen molar-refractivity contribution in [1.82, 2.24) is 19.5 Å². The summed E-state index contributed by atoms with van der Waals surface area (Å²) >= 11 is 0. The van der Waals surface area contributed by atoms with Crippen molar-refractivity contribution in [2.75, 3.05) is 32.7 Å². The molecule has 2 aliphatic rings. The summed E-state index contributed by atoms with van der Waals surface area (Å²) in [6, 6.07) is 6.38. The van der Waals surface area contributed by atoms with E-state index in [-0.39, 0.29) is 21.9 Å². The van der Waals surface area contributed by atoms with Crippen molar-refractivity contribution in [1.29, 1.82) is 0 Å². The molecule has 2 saturated heterocycles. The van der Waals surface area contributed by atoms with Crippen LogP contribution in [0.5, 0.6) is 0 Å². The summed E-state index contributed by atoms with van der Waals surface area (Å²) in [5.74, 6) is -0.358. The number of nitrogens with one attached hydrogen (secondary N) is 2. The molecule has 0 aliphatic carbocycles. The van der Waals surface area contributed by atoms with Gasteiger partial charge in [0.2, 0.25) is 15.6 Å². The highest BCUT2D eigenvalue weighted by atomic mass is 32.2. The molecular formula is C23H32N4O4S. The van der Waals surface area contributed by atoms with Gasteiger partial charge in [-0.1, -0.05) is 6.42 Å². The molecule has 1 atom stereocenters. The molecule has 32 heavy (non-hydrogen) atoms. The number of piperidine rings is 1. The first-order chi connectivity index (χ1) is 15.4. The van der Waals surface area contributed by atoms with Crippen LogP contribution in [0.4, 0.5) is 0 Å². The number of carbonyl (C=O) groups excluding carboxylic acids is 1. The second kappa shape index (κ2) is 9.72. The summed E-state index contributed by atoms with van der Waals surface area (Å²) in [4.78, 5) is 30.3. The lowest BCUT2D eigenvalue weighted by atomic mass is 10.0. The molecule has 3 heterocycles. The first-order valence-corrected chi connectivity index (χ1v) is 13.0. The van der Waals surface area contributed by atoms with Gasteiger partial charge in [-0.25, -0.2) is 8.42 Å². The number of aromatic nitrogens is 1. The number of rotatable bonds is 7. The zero-order valence-electron chi connectivity index (χ0n) is 18.6. The van der Waals surface area contributed by atoms with Gasteiger partial charge in [0.05, 0.1) is 10.5 Å². The highest BCUT2D eigenvalue weighted by Crippen LogP contribution is 2.25. The lowest BCUT2D eigenvalue weighted by molar-refractivity contribution is 0.0950. The van der Waals surface area contributed by atoms with Gasteiger partial charge in [0, 0.05) is 49.2 Å². The Hall–Kier alpha value is -2.23. The van der Waals surface area contributed by atoms with Crippen LogP contribution in [0.1, 0.15) is 55.8 Å². The molecule has 1 aromatic heterocycles. The van der Waals surface area contributed by atoms with Gasteiger partial charge in [-0.3, -0.25) is 9.59 Å². The molecule has 1 aromatic carbocycles. The van der Waals surface area contributed by atoms with Crippen molar-refractivity contribution < 1.29 is 13.2 Å². The largest absolute Gasteiger partial charge is 0.352 e. The lowest BCUT2D eigenvalue weighted by Crippen LogP contribution is -2.39. The van der Waals surface area contributed by atoms with Gasteiger partial charge in [0.15, 0.2) is 0 Å². The number of likely N-dealkylation sites (tertiary alicyclic amines) is 1. The van der Waals surface area contributed by atoms with E-state index in [1.165, 1.54) is 41.8 Å². The second-order valence-corrected chi connectivity index (χ2v) is 10.8. The van der Waals surface area contributed by atoms with Gasteiger partial charge < -0.3 is 15.2 Å². The van der Waals surface area contributed by atoms with Crippen LogP contribution in [0.2, 0.25) is 0 Å². The third-order valence-corrected chi connectivity index (χ3v) is 8.50. The van der Waals surface area contributed by atoms with Crippen LogP contribution in [-0.4, -0.2) is 67.3 Å². The Morgan fingerprint density at radius 3 is 2.62 bits per heavy atom. The van der Waals surface area contributed by atoms with Crippen molar-refractivity contribution in [3.63, 3.8) is 0 Å². The summed E-state index contributed by atoms with van der Waals surface area (Å²) in [6.07, 6.45) is 6.24. The Bertz CT molecular complexity index is 1140. The van der Waals surface area contributed by atoms with Crippen molar-refractivity contribution in [3.8, 4) is 0 Å². The Morgan fingerprint density at radius 1 is 1.12 bits per heavy atom. The van der Waals surface area contributed by atoms with E-state index in [2.05, 4.69) is 22.1 Å². The highest BCUT2D eigenvalue weighted by Gasteiger charge is 2.28. The molecule has 2 aliphatic heterocycles. The number of amides is 1. The van der Waals surface area contributed by atoms with Crippen LogP contribution in [0.25, 0.3) is 10.9 Å². The molecule has 2 N–H and O–H groups in total. The van der Waals surface area contributed by atoms with Crippen molar-refractivity contribution >= 4 is 26.8 Å². The maximum absolute atomic E-state index is 13.0. The van der Waals surface area contributed by atoms with Crippen molar-refractivity contribution in [3.05, 3.63) is 40.2 Å². The molecule has 8 nitrogen and oxygen atoms in total. The van der Waals surface area contributed by atoms with Gasteiger partial charge in [-0.15, -0.1) is 0 Å². The quantitative estimate of drug-likeness (QED) is 0.618. The number of hydrogen-bond acceptors (Lipinski definition) is 5. The zero-order chi connectivity index (χ0) is 22.7. The number of pyridine rings is 1. The van der Waals surface area contributed by atoms with Crippen molar-refractivity contribution in [2.24, 2.45) is 0 Å². The molecular weight excluding hydrogens is 428 g/mol. The first-order valence-electron chi connectivity index (χ1n) is 11.6. The fourth-order valence-corrected chi connectivity index (χ4v) is 6.27. The Morgan fingerprint density at radius 2 is 1.88 bits per heavy atom. The van der Waals surface area contributed by atoms with Gasteiger partial charge in [-0.2, -0.15) is 4.31 Å². The standard InChI is InChI=1S/C23H32N4O4S/c1-17-7-2-3-11-26(17)12-6-10-24-23(29)20-16-22(28)25-21-9-8-18(15-19(20)21)32(30,31)27-13-4-5-14-27/h8-9,15-17H,2-7,10-14H2,1H3,(H,24,29)(H,25,28). The van der Waals surface area contributed by atoms with E-state index in [1.807, 2.05) is 0 Å². The molecule has 4 rings (SSSR count). The predicted molar refractivity (Wildman–Crippen MR) is 124 cm³/mol. The molecule has 0 radical (unpaired) electrons. The number of aromatic amines is 1. The molecule has 174 valence electrons. The van der Waals surface area contributed by atoms with E-state index in [0.717, 1.165) is 32.4 Å². The minimum absolute atomic E-state index is 0.145. The van der Waals surface area contributed by atoms with E-state index >= 15 is 0 Å². The fraction of sp³-hybridized carbons (Fsp3) is 0.565. The van der Waals surface area contributed by atoms with E-state index < -0.39 is 10.0 Å². The minimum atomic E-state index is -3.62. The number of H-pyrrole nitrogens is 1. The number of carbonyl (C=O) groups is 1. The first kappa shape index (κ1) is 22.9. The normalized spacial score (nSPS) is 20.6. The molecule has 0 spiro atoms. The fourth-order valence-electron chi connectivity index (χ4n) is 4.73.